The third-order valence-electron chi connectivity index (χ3n) is 3.62. The fourth-order valence-electron chi connectivity index (χ4n) is 1.78. The van der Waals surface area contributed by atoms with Crippen molar-refractivity contribution in [1.29, 1.82) is 0 Å². The van der Waals surface area contributed by atoms with Gasteiger partial charge in [-0.1, -0.05) is 39.0 Å². The van der Waals surface area contributed by atoms with Gasteiger partial charge in [-0.3, -0.25) is 4.79 Å². The SMILES string of the molecule is CC(N(C)C(=O)Cc1ccccc1N)C(C)(C)C. The Kier molecular flexibility index (Phi) is 4.38. The first-order valence-electron chi connectivity index (χ1n) is 6.32. The molecule has 18 heavy (non-hydrogen) atoms. The third kappa shape index (κ3) is 3.49. The van der Waals surface area contributed by atoms with E-state index < -0.39 is 0 Å². The Morgan fingerprint density at radius 2 is 1.89 bits per heavy atom. The van der Waals surface area contributed by atoms with Crippen LogP contribution in [0.4, 0.5) is 5.69 Å². The molecule has 0 aliphatic heterocycles. The van der Waals surface area contributed by atoms with Crippen LogP contribution in [-0.4, -0.2) is 23.9 Å². The Balaban J connectivity index is 2.75. The first-order chi connectivity index (χ1) is 8.23. The first-order valence-corrected chi connectivity index (χ1v) is 6.32. The Morgan fingerprint density at radius 3 is 2.39 bits per heavy atom. The van der Waals surface area contributed by atoms with E-state index in [2.05, 4.69) is 27.7 Å². The van der Waals surface area contributed by atoms with Crippen molar-refractivity contribution in [3.05, 3.63) is 29.8 Å². The van der Waals surface area contributed by atoms with Crippen LogP contribution in [0.1, 0.15) is 33.3 Å². The summed E-state index contributed by atoms with van der Waals surface area (Å²) in [7, 11) is 1.86. The zero-order chi connectivity index (χ0) is 13.9. The quantitative estimate of drug-likeness (QED) is 0.836. The Hall–Kier alpha value is -1.51. The summed E-state index contributed by atoms with van der Waals surface area (Å²) >= 11 is 0. The number of carbonyl (C=O) groups excluding carboxylic acids is 1. The Morgan fingerprint density at radius 1 is 1.33 bits per heavy atom. The normalized spacial score (nSPS) is 13.2. The van der Waals surface area contributed by atoms with Gasteiger partial charge in [0.2, 0.25) is 5.91 Å². The van der Waals surface area contributed by atoms with Crippen molar-refractivity contribution >= 4 is 11.6 Å². The van der Waals surface area contributed by atoms with E-state index in [4.69, 9.17) is 5.73 Å². The Bertz CT molecular complexity index is 421. The molecule has 0 spiro atoms. The van der Waals surface area contributed by atoms with Crippen LogP contribution in [0.15, 0.2) is 24.3 Å². The zero-order valence-corrected chi connectivity index (χ0v) is 12.0. The lowest BCUT2D eigenvalue weighted by Gasteiger charge is -2.35. The average Bonchev–Trinajstić information content (AvgIpc) is 2.29. The molecule has 2 N–H and O–H groups in total. The summed E-state index contributed by atoms with van der Waals surface area (Å²) in [6.45, 7) is 8.49. The van der Waals surface area contributed by atoms with E-state index in [1.807, 2.05) is 36.2 Å². The second kappa shape index (κ2) is 5.42. The molecule has 1 amide bonds. The molecule has 0 heterocycles. The molecular weight excluding hydrogens is 224 g/mol. The summed E-state index contributed by atoms with van der Waals surface area (Å²) in [5.41, 5.74) is 7.52. The van der Waals surface area contributed by atoms with E-state index >= 15 is 0 Å². The number of nitrogens with zero attached hydrogens (tertiary/aromatic N) is 1. The predicted molar refractivity (Wildman–Crippen MR) is 76.2 cm³/mol. The molecule has 3 nitrogen and oxygen atoms in total. The maximum Gasteiger partial charge on any atom is 0.227 e. The van der Waals surface area contributed by atoms with Gasteiger partial charge in [-0.05, 0) is 24.0 Å². The van der Waals surface area contributed by atoms with Gasteiger partial charge in [0.05, 0.1) is 6.42 Å². The van der Waals surface area contributed by atoms with Crippen LogP contribution in [0, 0.1) is 5.41 Å². The molecule has 1 rings (SSSR count). The fourth-order valence-corrected chi connectivity index (χ4v) is 1.78. The second-order valence-electron chi connectivity index (χ2n) is 5.92. The van der Waals surface area contributed by atoms with Crippen LogP contribution in [0.2, 0.25) is 0 Å². The van der Waals surface area contributed by atoms with Crippen LogP contribution in [0.3, 0.4) is 0 Å². The van der Waals surface area contributed by atoms with Crippen LogP contribution < -0.4 is 5.73 Å². The molecule has 1 unspecified atom stereocenters. The van der Waals surface area contributed by atoms with Crippen molar-refractivity contribution in [2.75, 3.05) is 12.8 Å². The van der Waals surface area contributed by atoms with Gasteiger partial charge in [-0.25, -0.2) is 0 Å². The largest absolute Gasteiger partial charge is 0.398 e. The minimum absolute atomic E-state index is 0.0760. The van der Waals surface area contributed by atoms with Crippen molar-refractivity contribution in [2.24, 2.45) is 5.41 Å². The molecule has 0 aliphatic carbocycles. The number of para-hydroxylation sites is 1. The summed E-state index contributed by atoms with van der Waals surface area (Å²) in [4.78, 5) is 14.0. The minimum Gasteiger partial charge on any atom is -0.398 e. The van der Waals surface area contributed by atoms with E-state index in [1.165, 1.54) is 0 Å². The highest BCUT2D eigenvalue weighted by molar-refractivity contribution is 5.80. The van der Waals surface area contributed by atoms with Crippen LogP contribution in [0.25, 0.3) is 0 Å². The molecule has 0 aromatic heterocycles. The van der Waals surface area contributed by atoms with Crippen molar-refractivity contribution in [3.63, 3.8) is 0 Å². The smallest absolute Gasteiger partial charge is 0.227 e. The van der Waals surface area contributed by atoms with Crippen molar-refractivity contribution in [1.82, 2.24) is 4.90 Å². The number of benzene rings is 1. The second-order valence-corrected chi connectivity index (χ2v) is 5.92. The number of carbonyl (C=O) groups is 1. The topological polar surface area (TPSA) is 46.3 Å². The molecule has 3 heteroatoms. The molecule has 0 aliphatic rings. The van der Waals surface area contributed by atoms with E-state index in [-0.39, 0.29) is 17.4 Å². The standard InChI is InChI=1S/C15H24N2O/c1-11(15(2,3)4)17(5)14(18)10-12-8-6-7-9-13(12)16/h6-9,11H,10,16H2,1-5H3. The third-order valence-corrected chi connectivity index (χ3v) is 3.62. The summed E-state index contributed by atoms with van der Waals surface area (Å²) in [5.74, 6) is 0.107. The van der Waals surface area contributed by atoms with Gasteiger partial charge in [-0.15, -0.1) is 0 Å². The maximum atomic E-state index is 12.2. The van der Waals surface area contributed by atoms with Gasteiger partial charge >= 0.3 is 0 Å². The average molecular weight is 248 g/mol. The molecule has 1 aromatic rings. The lowest BCUT2D eigenvalue weighted by molar-refractivity contribution is -0.132. The van der Waals surface area contributed by atoms with Gasteiger partial charge in [0.25, 0.3) is 0 Å². The molecule has 0 radical (unpaired) electrons. The lowest BCUT2D eigenvalue weighted by atomic mass is 9.87. The highest BCUT2D eigenvalue weighted by Crippen LogP contribution is 2.24. The molecular formula is C15H24N2O. The molecule has 1 atom stereocenters. The molecule has 0 saturated carbocycles. The maximum absolute atomic E-state index is 12.2. The summed E-state index contributed by atoms with van der Waals surface area (Å²) in [6, 6.07) is 7.71. The highest BCUT2D eigenvalue weighted by Gasteiger charge is 2.26. The van der Waals surface area contributed by atoms with Crippen molar-refractivity contribution in [3.8, 4) is 0 Å². The van der Waals surface area contributed by atoms with Crippen molar-refractivity contribution in [2.45, 2.75) is 40.2 Å². The van der Waals surface area contributed by atoms with E-state index in [9.17, 15) is 4.79 Å². The Labute approximate surface area is 110 Å². The summed E-state index contributed by atoms with van der Waals surface area (Å²) in [5, 5.41) is 0. The lowest BCUT2D eigenvalue weighted by Crippen LogP contribution is -2.43. The van der Waals surface area contributed by atoms with E-state index in [1.54, 1.807) is 0 Å². The molecule has 1 aromatic carbocycles. The van der Waals surface area contributed by atoms with Crippen molar-refractivity contribution < 1.29 is 4.79 Å². The summed E-state index contributed by atoms with van der Waals surface area (Å²) < 4.78 is 0. The van der Waals surface area contributed by atoms with Crippen LogP contribution >= 0.6 is 0 Å². The number of likely N-dealkylation sites (N-methyl/N-ethyl adjacent to an activating group) is 1. The number of nitrogens with two attached hydrogens (primary N) is 1. The zero-order valence-electron chi connectivity index (χ0n) is 12.0. The van der Waals surface area contributed by atoms with E-state index in [0.717, 1.165) is 5.56 Å². The fraction of sp³-hybridized carbons (Fsp3) is 0.533. The monoisotopic (exact) mass is 248 g/mol. The number of anilines is 1. The van der Waals surface area contributed by atoms with Gasteiger partial charge in [0.1, 0.15) is 0 Å². The number of nitrogen functional groups attached to an aromatic ring is 1. The molecule has 0 bridgehead atoms. The van der Waals surface area contributed by atoms with Gasteiger partial charge < -0.3 is 10.6 Å². The molecule has 0 fully saturated rings. The highest BCUT2D eigenvalue weighted by atomic mass is 16.2. The number of hydrogen-bond acceptors (Lipinski definition) is 2. The van der Waals surface area contributed by atoms with Gasteiger partial charge in [0.15, 0.2) is 0 Å². The predicted octanol–water partition coefficient (Wildman–Crippen LogP) is 2.70. The molecule has 100 valence electrons. The molecule has 0 saturated heterocycles. The van der Waals surface area contributed by atoms with Crippen LogP contribution in [0.5, 0.6) is 0 Å². The van der Waals surface area contributed by atoms with Gasteiger partial charge in [-0.2, -0.15) is 0 Å². The number of amides is 1. The van der Waals surface area contributed by atoms with Crippen LogP contribution in [-0.2, 0) is 11.2 Å². The minimum atomic E-state index is 0.0760. The summed E-state index contributed by atoms with van der Waals surface area (Å²) in [6.07, 6.45) is 0.365. The van der Waals surface area contributed by atoms with E-state index in [0.29, 0.717) is 12.1 Å². The van der Waals surface area contributed by atoms with Gasteiger partial charge in [0, 0.05) is 18.8 Å². The number of hydrogen-bond donors (Lipinski definition) is 1. The first kappa shape index (κ1) is 14.6. The number of rotatable bonds is 3.